The molecule has 1 fully saturated rings. The van der Waals surface area contributed by atoms with Gasteiger partial charge in [-0.3, -0.25) is 4.79 Å². The normalized spacial score (nSPS) is 14.9. The summed E-state index contributed by atoms with van der Waals surface area (Å²) in [6, 6.07) is 5.94. The number of rotatable bonds is 4. The molecule has 5 heteroatoms. The van der Waals surface area contributed by atoms with Gasteiger partial charge in [-0.15, -0.1) is 0 Å². The molecule has 2 aromatic rings. The molecule has 2 aromatic heterocycles. The number of aliphatic hydroxyl groups is 1. The largest absolute Gasteiger partial charge is 0.395 e. The summed E-state index contributed by atoms with van der Waals surface area (Å²) in [6.07, 6.45) is 5.49. The highest BCUT2D eigenvalue weighted by Crippen LogP contribution is 2.28. The van der Waals surface area contributed by atoms with Crippen molar-refractivity contribution in [1.82, 2.24) is 14.5 Å². The van der Waals surface area contributed by atoms with Crippen molar-refractivity contribution in [2.24, 2.45) is 0 Å². The van der Waals surface area contributed by atoms with Gasteiger partial charge in [0.05, 0.1) is 23.9 Å². The molecule has 1 aliphatic rings. The van der Waals surface area contributed by atoms with Crippen LogP contribution in [0.2, 0.25) is 0 Å². The molecule has 0 unspecified atom stereocenters. The smallest absolute Gasteiger partial charge is 0.258 e. The zero-order chi connectivity index (χ0) is 12.5. The second-order valence-corrected chi connectivity index (χ2v) is 4.54. The number of carbonyl (C=O) groups is 1. The van der Waals surface area contributed by atoms with E-state index in [0.717, 1.165) is 18.4 Å². The van der Waals surface area contributed by atoms with Gasteiger partial charge in [0.15, 0.2) is 0 Å². The Labute approximate surface area is 105 Å². The molecule has 1 aliphatic carbocycles. The van der Waals surface area contributed by atoms with Crippen molar-refractivity contribution in [1.29, 1.82) is 0 Å². The minimum Gasteiger partial charge on any atom is -0.395 e. The van der Waals surface area contributed by atoms with E-state index in [1.165, 1.54) is 0 Å². The number of amides is 1. The number of hydrogen-bond acceptors (Lipinski definition) is 3. The Balaban J connectivity index is 1.95. The summed E-state index contributed by atoms with van der Waals surface area (Å²) in [5, 5.41) is 13.2. The average molecular weight is 245 g/mol. The summed E-state index contributed by atoms with van der Waals surface area (Å²) in [5.74, 6) is -0.0345. The molecule has 0 aromatic carbocycles. The lowest BCUT2D eigenvalue weighted by Gasteiger charge is -2.20. The van der Waals surface area contributed by atoms with E-state index in [2.05, 4.69) is 5.10 Å². The second-order valence-electron chi connectivity index (χ2n) is 4.54. The third kappa shape index (κ3) is 1.86. The number of aliphatic hydroxyl groups excluding tert-OH is 1. The highest BCUT2D eigenvalue weighted by molar-refractivity contribution is 6.00. The molecule has 1 saturated carbocycles. The van der Waals surface area contributed by atoms with Crippen LogP contribution in [0.3, 0.4) is 0 Å². The minimum atomic E-state index is -0.0345. The number of nitrogens with zero attached hydrogens (tertiary/aromatic N) is 3. The molecule has 0 saturated heterocycles. The molecule has 2 heterocycles. The first-order valence-electron chi connectivity index (χ1n) is 6.15. The molecule has 0 aliphatic heterocycles. The molecule has 0 radical (unpaired) electrons. The van der Waals surface area contributed by atoms with Crippen LogP contribution < -0.4 is 0 Å². The first-order valence-corrected chi connectivity index (χ1v) is 6.15. The van der Waals surface area contributed by atoms with Gasteiger partial charge in [-0.1, -0.05) is 6.07 Å². The van der Waals surface area contributed by atoms with E-state index in [9.17, 15) is 4.79 Å². The summed E-state index contributed by atoms with van der Waals surface area (Å²) in [6.45, 7) is 0.398. The Hall–Kier alpha value is -1.88. The fraction of sp³-hybridized carbons (Fsp3) is 0.385. The van der Waals surface area contributed by atoms with Crippen molar-refractivity contribution in [3.05, 3.63) is 36.2 Å². The van der Waals surface area contributed by atoms with E-state index in [1.807, 2.05) is 24.4 Å². The van der Waals surface area contributed by atoms with Crippen LogP contribution >= 0.6 is 0 Å². The Kier molecular flexibility index (Phi) is 2.76. The van der Waals surface area contributed by atoms with E-state index >= 15 is 0 Å². The third-order valence-electron chi connectivity index (χ3n) is 3.25. The zero-order valence-electron chi connectivity index (χ0n) is 9.99. The number of aromatic nitrogens is 2. The zero-order valence-corrected chi connectivity index (χ0v) is 9.99. The van der Waals surface area contributed by atoms with E-state index in [4.69, 9.17) is 5.11 Å². The van der Waals surface area contributed by atoms with Crippen LogP contribution in [0.25, 0.3) is 5.52 Å². The van der Waals surface area contributed by atoms with E-state index in [1.54, 1.807) is 15.6 Å². The Bertz CT molecular complexity index is 574. The summed E-state index contributed by atoms with van der Waals surface area (Å²) >= 11 is 0. The maximum absolute atomic E-state index is 12.5. The standard InChI is InChI=1S/C13H15N3O2/c17-8-7-15(10-4-5-10)13(18)11-9-14-16-6-2-1-3-12(11)16/h1-3,6,9-10,17H,4-5,7-8H2. The number of fused-ring (bicyclic) bond motifs is 1. The Morgan fingerprint density at radius 3 is 3.06 bits per heavy atom. The summed E-state index contributed by atoms with van der Waals surface area (Å²) < 4.78 is 1.69. The van der Waals surface area contributed by atoms with Crippen LogP contribution in [0.5, 0.6) is 0 Å². The highest BCUT2D eigenvalue weighted by Gasteiger charge is 2.33. The fourth-order valence-corrected chi connectivity index (χ4v) is 2.20. The molecule has 1 N–H and O–H groups in total. The molecule has 3 rings (SSSR count). The van der Waals surface area contributed by atoms with Gasteiger partial charge in [0.2, 0.25) is 0 Å². The molecule has 5 nitrogen and oxygen atoms in total. The maximum Gasteiger partial charge on any atom is 0.258 e. The Morgan fingerprint density at radius 1 is 1.50 bits per heavy atom. The van der Waals surface area contributed by atoms with Crippen molar-refractivity contribution >= 4 is 11.4 Å². The van der Waals surface area contributed by atoms with Crippen molar-refractivity contribution < 1.29 is 9.90 Å². The molecular weight excluding hydrogens is 230 g/mol. The van der Waals surface area contributed by atoms with Crippen LogP contribution in [0, 0.1) is 0 Å². The van der Waals surface area contributed by atoms with Crippen LogP contribution in [-0.4, -0.2) is 44.7 Å². The second kappa shape index (κ2) is 4.42. The topological polar surface area (TPSA) is 57.8 Å². The SMILES string of the molecule is O=C(c1cnn2ccccc12)N(CCO)C1CC1. The monoisotopic (exact) mass is 245 g/mol. The summed E-state index contributed by atoms with van der Waals surface area (Å²) in [7, 11) is 0. The van der Waals surface area contributed by atoms with E-state index in [0.29, 0.717) is 18.2 Å². The first kappa shape index (κ1) is 11.2. The molecule has 94 valence electrons. The molecule has 0 bridgehead atoms. The lowest BCUT2D eigenvalue weighted by Crippen LogP contribution is -2.35. The lowest BCUT2D eigenvalue weighted by atomic mass is 10.2. The van der Waals surface area contributed by atoms with Gasteiger partial charge in [-0.25, -0.2) is 4.52 Å². The van der Waals surface area contributed by atoms with Gasteiger partial charge >= 0.3 is 0 Å². The van der Waals surface area contributed by atoms with Crippen LogP contribution in [0.15, 0.2) is 30.6 Å². The molecular formula is C13H15N3O2. The summed E-state index contributed by atoms with van der Waals surface area (Å²) in [5.41, 5.74) is 1.42. The predicted molar refractivity (Wildman–Crippen MR) is 66.3 cm³/mol. The molecule has 0 spiro atoms. The number of carbonyl (C=O) groups excluding carboxylic acids is 1. The van der Waals surface area contributed by atoms with Crippen molar-refractivity contribution in [3.63, 3.8) is 0 Å². The van der Waals surface area contributed by atoms with Crippen LogP contribution in [0.4, 0.5) is 0 Å². The predicted octanol–water partition coefficient (Wildman–Crippen LogP) is 0.931. The first-order chi connectivity index (χ1) is 8.81. The fourth-order valence-electron chi connectivity index (χ4n) is 2.20. The van der Waals surface area contributed by atoms with Gasteiger partial charge in [0, 0.05) is 18.8 Å². The van der Waals surface area contributed by atoms with E-state index in [-0.39, 0.29) is 12.5 Å². The molecule has 18 heavy (non-hydrogen) atoms. The highest BCUT2D eigenvalue weighted by atomic mass is 16.3. The van der Waals surface area contributed by atoms with Gasteiger partial charge in [-0.05, 0) is 25.0 Å². The van der Waals surface area contributed by atoms with E-state index < -0.39 is 0 Å². The number of pyridine rings is 1. The maximum atomic E-state index is 12.5. The minimum absolute atomic E-state index is 0.00144. The van der Waals surface area contributed by atoms with Crippen molar-refractivity contribution in [3.8, 4) is 0 Å². The molecule has 0 atom stereocenters. The molecule has 1 amide bonds. The van der Waals surface area contributed by atoms with Gasteiger partial charge in [-0.2, -0.15) is 5.10 Å². The van der Waals surface area contributed by atoms with Crippen molar-refractivity contribution in [2.75, 3.05) is 13.2 Å². The lowest BCUT2D eigenvalue weighted by molar-refractivity contribution is 0.0709. The summed E-state index contributed by atoms with van der Waals surface area (Å²) in [4.78, 5) is 14.2. The third-order valence-corrected chi connectivity index (χ3v) is 3.25. The average Bonchev–Trinajstić information content (AvgIpc) is 3.14. The number of hydrogen-bond donors (Lipinski definition) is 1. The van der Waals surface area contributed by atoms with Crippen LogP contribution in [-0.2, 0) is 0 Å². The van der Waals surface area contributed by atoms with Crippen LogP contribution in [0.1, 0.15) is 23.2 Å². The quantitative estimate of drug-likeness (QED) is 0.871. The Morgan fingerprint density at radius 2 is 2.33 bits per heavy atom. The van der Waals surface area contributed by atoms with Crippen molar-refractivity contribution in [2.45, 2.75) is 18.9 Å². The van der Waals surface area contributed by atoms with Gasteiger partial charge in [0.25, 0.3) is 5.91 Å². The van der Waals surface area contributed by atoms with Gasteiger partial charge in [0.1, 0.15) is 0 Å². The van der Waals surface area contributed by atoms with Gasteiger partial charge < -0.3 is 10.0 Å².